The first-order chi connectivity index (χ1) is 3.72. The standard InChI is InChI=1S/C4H8INOS/c1-6-3(2-8)4(5)7/h3,6,8H,2H2,1H3/t3-/m0/s1. The molecule has 0 bridgehead atoms. The summed E-state index contributed by atoms with van der Waals surface area (Å²) >= 11 is 5.70. The van der Waals surface area contributed by atoms with E-state index in [9.17, 15) is 4.79 Å². The average molecular weight is 245 g/mol. The van der Waals surface area contributed by atoms with E-state index in [2.05, 4.69) is 17.9 Å². The number of rotatable bonds is 3. The smallest absolute Gasteiger partial charge is 0.209 e. The van der Waals surface area contributed by atoms with Gasteiger partial charge in [-0.2, -0.15) is 12.6 Å². The van der Waals surface area contributed by atoms with Gasteiger partial charge < -0.3 is 5.32 Å². The molecule has 4 heteroatoms. The van der Waals surface area contributed by atoms with Crippen LogP contribution >= 0.6 is 35.2 Å². The van der Waals surface area contributed by atoms with E-state index in [0.717, 1.165) is 0 Å². The Labute approximate surface area is 68.0 Å². The Hall–Kier alpha value is 0.710. The second kappa shape index (κ2) is 4.58. The third-order valence-electron chi connectivity index (χ3n) is 0.805. The van der Waals surface area contributed by atoms with Crippen molar-refractivity contribution >= 4 is 39.0 Å². The highest BCUT2D eigenvalue weighted by Crippen LogP contribution is 1.95. The zero-order chi connectivity index (χ0) is 6.57. The number of hydrogen-bond donors (Lipinski definition) is 2. The van der Waals surface area contributed by atoms with Crippen LogP contribution in [0.4, 0.5) is 0 Å². The number of carbonyl (C=O) groups excluding carboxylic acids is 1. The lowest BCUT2D eigenvalue weighted by molar-refractivity contribution is -0.110. The van der Waals surface area contributed by atoms with Gasteiger partial charge in [0.15, 0.2) is 0 Å². The Morgan fingerprint density at radius 2 is 2.50 bits per heavy atom. The third kappa shape index (κ3) is 2.88. The summed E-state index contributed by atoms with van der Waals surface area (Å²) in [6.07, 6.45) is 0. The second-order valence-corrected chi connectivity index (χ2v) is 2.76. The molecule has 0 aliphatic carbocycles. The van der Waals surface area contributed by atoms with E-state index in [-0.39, 0.29) is 9.83 Å². The zero-order valence-corrected chi connectivity index (χ0v) is 7.57. The molecule has 8 heavy (non-hydrogen) atoms. The van der Waals surface area contributed by atoms with E-state index in [1.165, 1.54) is 0 Å². The maximum Gasteiger partial charge on any atom is 0.209 e. The molecule has 0 spiro atoms. The van der Waals surface area contributed by atoms with E-state index in [1.807, 2.05) is 0 Å². The first-order valence-corrected chi connectivity index (χ1v) is 3.91. The highest BCUT2D eigenvalue weighted by atomic mass is 127. The highest BCUT2D eigenvalue weighted by Gasteiger charge is 2.08. The van der Waals surface area contributed by atoms with Crippen molar-refractivity contribution in [2.45, 2.75) is 6.04 Å². The van der Waals surface area contributed by atoms with Crippen LogP contribution in [-0.4, -0.2) is 22.6 Å². The number of carbonyl (C=O) groups is 1. The van der Waals surface area contributed by atoms with Crippen LogP contribution in [0, 0.1) is 0 Å². The fraction of sp³-hybridized carbons (Fsp3) is 0.750. The van der Waals surface area contributed by atoms with Gasteiger partial charge in [0.1, 0.15) is 0 Å². The molecule has 48 valence electrons. The van der Waals surface area contributed by atoms with Crippen LogP contribution in [0.1, 0.15) is 0 Å². The molecule has 1 atom stereocenters. The van der Waals surface area contributed by atoms with E-state index in [4.69, 9.17) is 0 Å². The molecule has 0 aromatic heterocycles. The van der Waals surface area contributed by atoms with Gasteiger partial charge in [0.05, 0.1) is 6.04 Å². The minimum atomic E-state index is -0.0843. The van der Waals surface area contributed by atoms with Crippen molar-refractivity contribution < 1.29 is 4.79 Å². The van der Waals surface area contributed by atoms with Crippen LogP contribution in [0.3, 0.4) is 0 Å². The Bertz CT molecular complexity index is 84.1. The molecular weight excluding hydrogens is 237 g/mol. The van der Waals surface area contributed by atoms with Crippen LogP contribution in [0.2, 0.25) is 0 Å². The molecule has 0 rings (SSSR count). The van der Waals surface area contributed by atoms with Crippen molar-refractivity contribution in [2.75, 3.05) is 12.8 Å². The van der Waals surface area contributed by atoms with Gasteiger partial charge in [0.2, 0.25) is 3.79 Å². The summed E-state index contributed by atoms with van der Waals surface area (Å²) in [7, 11) is 1.75. The lowest BCUT2D eigenvalue weighted by atomic mass is 10.4. The Morgan fingerprint density at radius 1 is 2.00 bits per heavy atom. The Balaban J connectivity index is 3.52. The summed E-state index contributed by atoms with van der Waals surface area (Å²) in [6.45, 7) is 0. The number of likely N-dealkylation sites (N-methyl/N-ethyl adjacent to an activating group) is 1. The van der Waals surface area contributed by atoms with Gasteiger partial charge in [-0.25, -0.2) is 0 Å². The molecule has 0 aliphatic rings. The molecule has 0 saturated carbocycles. The largest absolute Gasteiger partial charge is 0.309 e. The molecule has 1 N–H and O–H groups in total. The van der Waals surface area contributed by atoms with Crippen LogP contribution in [0.15, 0.2) is 0 Å². The monoisotopic (exact) mass is 245 g/mol. The predicted molar refractivity (Wildman–Crippen MR) is 45.7 cm³/mol. The first-order valence-electron chi connectivity index (χ1n) is 2.19. The van der Waals surface area contributed by atoms with Gasteiger partial charge >= 0.3 is 0 Å². The number of hydrogen-bond acceptors (Lipinski definition) is 3. The molecule has 0 heterocycles. The minimum absolute atomic E-state index is 0.0843. The Kier molecular flexibility index (Phi) is 4.98. The number of nitrogens with one attached hydrogen (secondary N) is 1. The Morgan fingerprint density at radius 3 is 2.50 bits per heavy atom. The molecule has 0 saturated heterocycles. The maximum atomic E-state index is 10.5. The number of halogens is 1. The zero-order valence-electron chi connectivity index (χ0n) is 4.52. The summed E-state index contributed by atoms with van der Waals surface area (Å²) < 4.78 is 0.111. The lowest BCUT2D eigenvalue weighted by Crippen LogP contribution is -2.32. The fourth-order valence-corrected chi connectivity index (χ4v) is 1.50. The molecule has 0 fully saturated rings. The van der Waals surface area contributed by atoms with Crippen LogP contribution in [0.25, 0.3) is 0 Å². The van der Waals surface area contributed by atoms with E-state index < -0.39 is 0 Å². The molecule has 2 nitrogen and oxygen atoms in total. The SMILES string of the molecule is CN[C@@H](CS)C(=O)I. The van der Waals surface area contributed by atoms with Crippen LogP contribution in [-0.2, 0) is 4.79 Å². The van der Waals surface area contributed by atoms with Crippen molar-refractivity contribution in [2.24, 2.45) is 0 Å². The summed E-state index contributed by atoms with van der Waals surface area (Å²) in [5, 5.41) is 2.82. The van der Waals surface area contributed by atoms with Crippen molar-refractivity contribution in [3.63, 3.8) is 0 Å². The molecular formula is C4H8INOS. The van der Waals surface area contributed by atoms with Crippen LogP contribution < -0.4 is 5.32 Å². The highest BCUT2D eigenvalue weighted by molar-refractivity contribution is 14.1. The normalized spacial score (nSPS) is 13.4. The van der Waals surface area contributed by atoms with Gasteiger partial charge in [-0.3, -0.25) is 4.79 Å². The predicted octanol–water partition coefficient (Wildman–Crippen LogP) is 0.466. The second-order valence-electron chi connectivity index (χ2n) is 1.33. The van der Waals surface area contributed by atoms with E-state index in [0.29, 0.717) is 5.75 Å². The van der Waals surface area contributed by atoms with E-state index in [1.54, 1.807) is 29.6 Å². The van der Waals surface area contributed by atoms with Crippen molar-refractivity contribution in [3.8, 4) is 0 Å². The minimum Gasteiger partial charge on any atom is -0.309 e. The molecule has 0 aromatic carbocycles. The summed E-state index contributed by atoms with van der Waals surface area (Å²) in [5.41, 5.74) is 0. The molecule has 0 unspecified atom stereocenters. The van der Waals surface area contributed by atoms with Crippen molar-refractivity contribution in [1.82, 2.24) is 5.32 Å². The number of thiol groups is 1. The molecule has 0 aliphatic heterocycles. The summed E-state index contributed by atoms with van der Waals surface area (Å²) in [5.74, 6) is 0.568. The molecule has 0 radical (unpaired) electrons. The van der Waals surface area contributed by atoms with Crippen LogP contribution in [0.5, 0.6) is 0 Å². The summed E-state index contributed by atoms with van der Waals surface area (Å²) in [4.78, 5) is 10.5. The van der Waals surface area contributed by atoms with Crippen molar-refractivity contribution in [1.29, 1.82) is 0 Å². The maximum absolute atomic E-state index is 10.5. The molecule has 0 amide bonds. The van der Waals surface area contributed by atoms with Gasteiger partial charge in [0.25, 0.3) is 0 Å². The lowest BCUT2D eigenvalue weighted by Gasteiger charge is -2.05. The van der Waals surface area contributed by atoms with Gasteiger partial charge in [-0.1, -0.05) is 0 Å². The van der Waals surface area contributed by atoms with E-state index >= 15 is 0 Å². The quantitative estimate of drug-likeness (QED) is 0.430. The topological polar surface area (TPSA) is 29.1 Å². The first kappa shape index (κ1) is 8.71. The van der Waals surface area contributed by atoms with Gasteiger partial charge in [-0.05, 0) is 7.05 Å². The van der Waals surface area contributed by atoms with Gasteiger partial charge in [-0.15, -0.1) is 0 Å². The summed E-state index contributed by atoms with van der Waals surface area (Å²) in [6, 6.07) is -0.0843. The molecule has 0 aromatic rings. The van der Waals surface area contributed by atoms with Gasteiger partial charge in [0, 0.05) is 28.3 Å². The van der Waals surface area contributed by atoms with Crippen molar-refractivity contribution in [3.05, 3.63) is 0 Å². The fourth-order valence-electron chi connectivity index (χ4n) is 0.277. The third-order valence-corrected chi connectivity index (χ3v) is 1.92. The average Bonchev–Trinajstić information content (AvgIpc) is 1.69.